The molecule has 1 aromatic heterocycles. The van der Waals surface area contributed by atoms with Gasteiger partial charge < -0.3 is 16.8 Å². The first-order valence-corrected chi connectivity index (χ1v) is 6.08. The highest BCUT2D eigenvalue weighted by molar-refractivity contribution is 7.09. The Kier molecular flexibility index (Phi) is 6.82. The largest absolute Gasteiger partial charge is 0.368 e. The summed E-state index contributed by atoms with van der Waals surface area (Å²) in [5.74, 6) is -1.02. The number of rotatable bonds is 5. The predicted octanol–water partition coefficient (Wildman–Crippen LogP) is 0.263. The lowest BCUT2D eigenvalue weighted by Crippen LogP contribution is -2.47. The number of hydrogen-bond donors (Lipinski definition) is 3. The SMILES string of the molecule is CC(C)C(NC(=O)c1csc(CN)n1)C(N)=O.Cl. The first-order chi connectivity index (χ1) is 7.95. The second kappa shape index (κ2) is 7.30. The van der Waals surface area contributed by atoms with Gasteiger partial charge in [0, 0.05) is 11.9 Å². The van der Waals surface area contributed by atoms with Crippen molar-refractivity contribution < 1.29 is 9.59 Å². The zero-order valence-corrected chi connectivity index (χ0v) is 11.8. The number of carbonyl (C=O) groups excluding carboxylic acids is 2. The fourth-order valence-corrected chi connectivity index (χ4v) is 1.95. The van der Waals surface area contributed by atoms with Crippen LogP contribution < -0.4 is 16.8 Å². The van der Waals surface area contributed by atoms with Gasteiger partial charge in [-0.15, -0.1) is 23.7 Å². The van der Waals surface area contributed by atoms with Gasteiger partial charge in [-0.1, -0.05) is 13.8 Å². The number of amides is 2. The molecular weight excluding hydrogens is 276 g/mol. The monoisotopic (exact) mass is 292 g/mol. The molecule has 6 nitrogen and oxygen atoms in total. The summed E-state index contributed by atoms with van der Waals surface area (Å²) < 4.78 is 0. The molecule has 0 spiro atoms. The molecule has 18 heavy (non-hydrogen) atoms. The minimum atomic E-state index is -0.689. The number of nitrogens with zero attached hydrogens (tertiary/aromatic N) is 1. The molecule has 0 aliphatic carbocycles. The number of primary amides is 1. The predicted molar refractivity (Wildman–Crippen MR) is 72.5 cm³/mol. The van der Waals surface area contributed by atoms with E-state index in [0.717, 1.165) is 0 Å². The van der Waals surface area contributed by atoms with E-state index in [1.165, 1.54) is 11.3 Å². The van der Waals surface area contributed by atoms with E-state index in [2.05, 4.69) is 10.3 Å². The lowest BCUT2D eigenvalue weighted by atomic mass is 10.0. The zero-order valence-electron chi connectivity index (χ0n) is 10.2. The van der Waals surface area contributed by atoms with Crippen molar-refractivity contribution in [1.82, 2.24) is 10.3 Å². The Hall–Kier alpha value is -1.18. The van der Waals surface area contributed by atoms with Gasteiger partial charge in [0.05, 0.1) is 0 Å². The Morgan fingerprint density at radius 1 is 1.50 bits per heavy atom. The second-order valence-electron chi connectivity index (χ2n) is 3.93. The maximum atomic E-state index is 11.8. The number of aromatic nitrogens is 1. The van der Waals surface area contributed by atoms with Crippen LogP contribution in [0.4, 0.5) is 0 Å². The van der Waals surface area contributed by atoms with Crippen LogP contribution in [0, 0.1) is 5.92 Å². The van der Waals surface area contributed by atoms with Crippen molar-refractivity contribution >= 4 is 35.6 Å². The number of halogens is 1. The van der Waals surface area contributed by atoms with Crippen molar-refractivity contribution in [2.45, 2.75) is 26.4 Å². The van der Waals surface area contributed by atoms with Crippen LogP contribution in [0.1, 0.15) is 29.3 Å². The van der Waals surface area contributed by atoms with Crippen LogP contribution in [0.15, 0.2) is 5.38 Å². The Bertz CT molecular complexity index is 422. The third-order valence-electron chi connectivity index (χ3n) is 2.22. The maximum Gasteiger partial charge on any atom is 0.271 e. The highest BCUT2D eigenvalue weighted by Gasteiger charge is 2.23. The molecule has 0 saturated heterocycles. The van der Waals surface area contributed by atoms with Crippen molar-refractivity contribution in [3.63, 3.8) is 0 Å². The molecule has 0 aliphatic rings. The topological polar surface area (TPSA) is 111 Å². The van der Waals surface area contributed by atoms with E-state index in [1.807, 2.05) is 13.8 Å². The van der Waals surface area contributed by atoms with Gasteiger partial charge in [0.2, 0.25) is 5.91 Å². The molecular formula is C10H17ClN4O2S. The molecule has 1 rings (SSSR count). The van der Waals surface area contributed by atoms with Crippen LogP contribution in [-0.2, 0) is 11.3 Å². The van der Waals surface area contributed by atoms with E-state index in [1.54, 1.807) is 5.38 Å². The molecule has 8 heteroatoms. The molecule has 2 amide bonds. The summed E-state index contributed by atoms with van der Waals surface area (Å²) in [6, 6.07) is -0.689. The summed E-state index contributed by atoms with van der Waals surface area (Å²) >= 11 is 1.31. The third-order valence-corrected chi connectivity index (χ3v) is 3.09. The van der Waals surface area contributed by atoms with Gasteiger partial charge >= 0.3 is 0 Å². The first kappa shape index (κ1) is 16.8. The minimum Gasteiger partial charge on any atom is -0.368 e. The van der Waals surface area contributed by atoms with Crippen LogP contribution in [0.2, 0.25) is 0 Å². The van der Waals surface area contributed by atoms with E-state index in [4.69, 9.17) is 11.5 Å². The molecule has 0 aliphatic heterocycles. The van der Waals surface area contributed by atoms with Crippen LogP contribution in [0.25, 0.3) is 0 Å². The van der Waals surface area contributed by atoms with Gasteiger partial charge in [0.1, 0.15) is 16.7 Å². The number of nitrogens with one attached hydrogen (secondary N) is 1. The Balaban J connectivity index is 0.00000289. The van der Waals surface area contributed by atoms with Crippen LogP contribution >= 0.6 is 23.7 Å². The molecule has 0 fully saturated rings. The molecule has 0 saturated carbocycles. The van der Waals surface area contributed by atoms with Crippen LogP contribution in [0.5, 0.6) is 0 Å². The van der Waals surface area contributed by atoms with Gasteiger partial charge in [-0.2, -0.15) is 0 Å². The fourth-order valence-electron chi connectivity index (χ4n) is 1.29. The molecule has 0 radical (unpaired) electrons. The molecule has 1 heterocycles. The molecule has 5 N–H and O–H groups in total. The standard InChI is InChI=1S/C10H16N4O2S.ClH/c1-5(2)8(9(12)15)14-10(16)6-4-17-7(3-11)13-6;/h4-5,8H,3,11H2,1-2H3,(H2,12,15)(H,14,16);1H. The van der Waals surface area contributed by atoms with Gasteiger partial charge in [-0.25, -0.2) is 4.98 Å². The summed E-state index contributed by atoms with van der Waals surface area (Å²) in [4.78, 5) is 26.9. The Morgan fingerprint density at radius 3 is 2.50 bits per heavy atom. The molecule has 1 atom stereocenters. The van der Waals surface area contributed by atoms with Gasteiger partial charge in [0.15, 0.2) is 0 Å². The van der Waals surface area contributed by atoms with Crippen molar-refractivity contribution in [1.29, 1.82) is 0 Å². The third kappa shape index (κ3) is 4.25. The van der Waals surface area contributed by atoms with E-state index in [-0.39, 0.29) is 24.0 Å². The lowest BCUT2D eigenvalue weighted by Gasteiger charge is -2.18. The van der Waals surface area contributed by atoms with Gasteiger partial charge in [-0.3, -0.25) is 9.59 Å². The fraction of sp³-hybridized carbons (Fsp3) is 0.500. The second-order valence-corrected chi connectivity index (χ2v) is 4.87. The summed E-state index contributed by atoms with van der Waals surface area (Å²) in [6.07, 6.45) is 0. The maximum absolute atomic E-state index is 11.8. The Labute approximate surface area is 116 Å². The summed E-state index contributed by atoms with van der Waals surface area (Å²) in [5.41, 5.74) is 10.9. The summed E-state index contributed by atoms with van der Waals surface area (Å²) in [5, 5.41) is 4.84. The van der Waals surface area contributed by atoms with E-state index in [9.17, 15) is 9.59 Å². The van der Waals surface area contributed by atoms with Gasteiger partial charge in [-0.05, 0) is 5.92 Å². The highest BCUT2D eigenvalue weighted by Crippen LogP contribution is 2.10. The zero-order chi connectivity index (χ0) is 13.0. The quantitative estimate of drug-likeness (QED) is 0.723. The Morgan fingerprint density at radius 2 is 2.11 bits per heavy atom. The summed E-state index contributed by atoms with van der Waals surface area (Å²) in [7, 11) is 0. The lowest BCUT2D eigenvalue weighted by molar-refractivity contribution is -0.120. The van der Waals surface area contributed by atoms with Crippen molar-refractivity contribution in [3.8, 4) is 0 Å². The molecule has 0 bridgehead atoms. The van der Waals surface area contributed by atoms with Crippen molar-refractivity contribution in [2.75, 3.05) is 0 Å². The molecule has 102 valence electrons. The highest BCUT2D eigenvalue weighted by atomic mass is 35.5. The molecule has 0 aromatic carbocycles. The van der Waals surface area contributed by atoms with E-state index >= 15 is 0 Å². The summed E-state index contributed by atoms with van der Waals surface area (Å²) in [6.45, 7) is 3.91. The van der Waals surface area contributed by atoms with E-state index in [0.29, 0.717) is 11.6 Å². The average Bonchev–Trinajstić information content (AvgIpc) is 2.73. The number of thiazole rings is 1. The van der Waals surface area contributed by atoms with Crippen molar-refractivity contribution in [2.24, 2.45) is 17.4 Å². The van der Waals surface area contributed by atoms with Crippen LogP contribution in [0.3, 0.4) is 0 Å². The minimum absolute atomic E-state index is 0. The number of hydrogen-bond acceptors (Lipinski definition) is 5. The smallest absolute Gasteiger partial charge is 0.271 e. The normalized spacial score (nSPS) is 11.8. The average molecular weight is 293 g/mol. The molecule has 1 unspecified atom stereocenters. The van der Waals surface area contributed by atoms with E-state index < -0.39 is 17.9 Å². The number of carbonyl (C=O) groups is 2. The number of nitrogens with two attached hydrogens (primary N) is 2. The molecule has 1 aromatic rings. The first-order valence-electron chi connectivity index (χ1n) is 5.20. The van der Waals surface area contributed by atoms with Gasteiger partial charge in [0.25, 0.3) is 5.91 Å². The van der Waals surface area contributed by atoms with Crippen LogP contribution in [-0.4, -0.2) is 22.8 Å². The van der Waals surface area contributed by atoms with Crippen molar-refractivity contribution in [3.05, 3.63) is 16.1 Å².